The third-order valence-electron chi connectivity index (χ3n) is 5.81. The van der Waals surface area contributed by atoms with E-state index >= 15 is 0 Å². The van der Waals surface area contributed by atoms with E-state index in [2.05, 4.69) is 5.32 Å². The van der Waals surface area contributed by atoms with Gasteiger partial charge in [-0.25, -0.2) is 9.18 Å². The van der Waals surface area contributed by atoms with Crippen molar-refractivity contribution in [1.29, 1.82) is 0 Å². The first kappa shape index (κ1) is 22.6. The highest BCUT2D eigenvalue weighted by Crippen LogP contribution is 2.20. The Morgan fingerprint density at radius 1 is 0.818 bits per heavy atom. The number of anilines is 1. The van der Waals surface area contributed by atoms with Crippen LogP contribution in [0, 0.1) is 5.82 Å². The van der Waals surface area contributed by atoms with E-state index in [1.165, 1.54) is 17.0 Å². The number of hydrogen-bond donors (Lipinski definition) is 1. The Morgan fingerprint density at radius 2 is 1.45 bits per heavy atom. The highest BCUT2D eigenvalue weighted by molar-refractivity contribution is 6.35. The van der Waals surface area contributed by atoms with Crippen molar-refractivity contribution in [2.24, 2.45) is 0 Å². The summed E-state index contributed by atoms with van der Waals surface area (Å²) >= 11 is 0. The molecule has 0 radical (unpaired) electrons. The second-order valence-corrected chi connectivity index (χ2v) is 8.16. The van der Waals surface area contributed by atoms with E-state index in [4.69, 9.17) is 4.74 Å². The number of nitrogens with one attached hydrogen (secondary N) is 1. The minimum Gasteiger partial charge on any atom is -0.489 e. The lowest BCUT2D eigenvalue weighted by Gasteiger charge is -2.34. The van der Waals surface area contributed by atoms with Gasteiger partial charge in [-0.1, -0.05) is 18.2 Å². The van der Waals surface area contributed by atoms with Crippen LogP contribution < -0.4 is 10.1 Å². The average molecular weight is 455 g/mol. The van der Waals surface area contributed by atoms with Gasteiger partial charge < -0.3 is 24.8 Å². The van der Waals surface area contributed by atoms with Crippen LogP contribution in [-0.4, -0.2) is 71.8 Å². The number of nitrogens with zero attached hydrogens (tertiary/aromatic N) is 3. The molecule has 174 valence electrons. The van der Waals surface area contributed by atoms with Crippen molar-refractivity contribution in [2.45, 2.75) is 19.4 Å². The van der Waals surface area contributed by atoms with Crippen LogP contribution in [0.3, 0.4) is 0 Å². The van der Waals surface area contributed by atoms with E-state index in [1.54, 1.807) is 46.2 Å². The number of likely N-dealkylation sites (tertiary alicyclic amines) is 1. The number of benzene rings is 2. The minimum atomic E-state index is -0.486. The average Bonchev–Trinajstić information content (AvgIpc) is 3.37. The maximum Gasteiger partial charge on any atom is 0.321 e. The van der Waals surface area contributed by atoms with Gasteiger partial charge in [0.05, 0.1) is 0 Å². The van der Waals surface area contributed by atoms with Crippen molar-refractivity contribution < 1.29 is 23.5 Å². The summed E-state index contributed by atoms with van der Waals surface area (Å²) in [5.74, 6) is -0.701. The molecule has 0 unspecified atom stereocenters. The monoisotopic (exact) mass is 454 g/mol. The topological polar surface area (TPSA) is 82.2 Å². The van der Waals surface area contributed by atoms with Crippen molar-refractivity contribution in [1.82, 2.24) is 14.7 Å². The zero-order valence-electron chi connectivity index (χ0n) is 18.3. The SMILES string of the molecule is O=C(Nc1cccc(OCc2cccc(F)c2)c1)N1CCN(C(=O)C(=O)N2CCCC2)CC1. The molecule has 8 nitrogen and oxygen atoms in total. The van der Waals surface area contributed by atoms with Gasteiger partial charge in [-0.05, 0) is 42.7 Å². The Balaban J connectivity index is 1.26. The van der Waals surface area contributed by atoms with Gasteiger partial charge in [0.2, 0.25) is 0 Å². The molecular weight excluding hydrogens is 427 g/mol. The van der Waals surface area contributed by atoms with Crippen LogP contribution in [-0.2, 0) is 16.2 Å². The van der Waals surface area contributed by atoms with Crippen LogP contribution in [0.1, 0.15) is 18.4 Å². The zero-order valence-corrected chi connectivity index (χ0v) is 18.3. The van der Waals surface area contributed by atoms with Crippen molar-refractivity contribution in [3.8, 4) is 5.75 Å². The van der Waals surface area contributed by atoms with E-state index in [0.717, 1.165) is 12.8 Å². The quantitative estimate of drug-likeness (QED) is 0.721. The Labute approximate surface area is 191 Å². The highest BCUT2D eigenvalue weighted by Gasteiger charge is 2.31. The van der Waals surface area contributed by atoms with Crippen LogP contribution in [0.25, 0.3) is 0 Å². The third kappa shape index (κ3) is 5.79. The fourth-order valence-electron chi connectivity index (χ4n) is 3.96. The van der Waals surface area contributed by atoms with Gasteiger partial charge in [0.25, 0.3) is 0 Å². The Hall–Kier alpha value is -3.62. The molecule has 0 atom stereocenters. The maximum atomic E-state index is 13.3. The van der Waals surface area contributed by atoms with Gasteiger partial charge in [-0.15, -0.1) is 0 Å². The molecule has 0 saturated carbocycles. The summed E-state index contributed by atoms with van der Waals surface area (Å²) in [4.78, 5) is 42.2. The van der Waals surface area contributed by atoms with Crippen molar-refractivity contribution in [3.63, 3.8) is 0 Å². The second-order valence-electron chi connectivity index (χ2n) is 8.16. The predicted octanol–water partition coefficient (Wildman–Crippen LogP) is 2.70. The number of halogens is 1. The second kappa shape index (κ2) is 10.3. The number of carbonyl (C=O) groups is 3. The molecule has 9 heteroatoms. The normalized spacial score (nSPS) is 16.0. The predicted molar refractivity (Wildman–Crippen MR) is 120 cm³/mol. The molecule has 2 aromatic rings. The van der Waals surface area contributed by atoms with Gasteiger partial charge in [-0.3, -0.25) is 9.59 Å². The molecule has 2 saturated heterocycles. The Morgan fingerprint density at radius 3 is 2.15 bits per heavy atom. The van der Waals surface area contributed by atoms with Crippen LogP contribution in [0.5, 0.6) is 5.75 Å². The summed E-state index contributed by atoms with van der Waals surface area (Å²) in [6.45, 7) is 2.82. The van der Waals surface area contributed by atoms with E-state index < -0.39 is 11.8 Å². The van der Waals surface area contributed by atoms with Crippen LogP contribution in [0.15, 0.2) is 48.5 Å². The zero-order chi connectivity index (χ0) is 23.2. The standard InChI is InChI=1S/C24H27FN4O4/c25-19-6-3-5-18(15-19)17-33-21-8-4-7-20(16-21)26-24(32)29-13-11-28(12-14-29)23(31)22(30)27-9-1-2-10-27/h3-8,15-16H,1-2,9-14,17H2,(H,26,32). The molecule has 0 bridgehead atoms. The first-order valence-corrected chi connectivity index (χ1v) is 11.1. The van der Waals surface area contributed by atoms with E-state index in [-0.39, 0.29) is 18.5 Å². The van der Waals surface area contributed by atoms with E-state index in [0.29, 0.717) is 56.3 Å². The summed E-state index contributed by atoms with van der Waals surface area (Å²) in [6, 6.07) is 12.9. The fraction of sp³-hybridized carbons (Fsp3) is 0.375. The molecule has 4 amide bonds. The molecular formula is C24H27FN4O4. The van der Waals surface area contributed by atoms with Gasteiger partial charge in [0, 0.05) is 51.0 Å². The Bertz CT molecular complexity index is 1020. The smallest absolute Gasteiger partial charge is 0.321 e. The molecule has 0 aromatic heterocycles. The number of rotatable bonds is 4. The summed E-state index contributed by atoms with van der Waals surface area (Å²) < 4.78 is 19.0. The lowest BCUT2D eigenvalue weighted by Crippen LogP contribution is -2.54. The van der Waals surface area contributed by atoms with Gasteiger partial charge in [-0.2, -0.15) is 0 Å². The van der Waals surface area contributed by atoms with Crippen LogP contribution in [0.4, 0.5) is 14.9 Å². The molecule has 1 N–H and O–H groups in total. The molecule has 2 heterocycles. The first-order valence-electron chi connectivity index (χ1n) is 11.1. The molecule has 2 aromatic carbocycles. The molecule has 2 aliphatic heterocycles. The summed E-state index contributed by atoms with van der Waals surface area (Å²) in [5.41, 5.74) is 1.28. The molecule has 4 rings (SSSR count). The summed E-state index contributed by atoms with van der Waals surface area (Å²) in [5, 5.41) is 2.84. The number of ether oxygens (including phenoxy) is 1. The molecule has 0 spiro atoms. The molecule has 0 aliphatic carbocycles. The molecule has 33 heavy (non-hydrogen) atoms. The number of hydrogen-bond acceptors (Lipinski definition) is 4. The highest BCUT2D eigenvalue weighted by atomic mass is 19.1. The maximum absolute atomic E-state index is 13.3. The first-order chi connectivity index (χ1) is 16.0. The lowest BCUT2D eigenvalue weighted by molar-refractivity contribution is -0.152. The van der Waals surface area contributed by atoms with Gasteiger partial charge >= 0.3 is 17.8 Å². The lowest BCUT2D eigenvalue weighted by atomic mass is 10.2. The third-order valence-corrected chi connectivity index (χ3v) is 5.81. The number of carbonyl (C=O) groups excluding carboxylic acids is 3. The number of piperazine rings is 1. The number of amides is 4. The van der Waals surface area contributed by atoms with E-state index in [9.17, 15) is 18.8 Å². The van der Waals surface area contributed by atoms with Crippen molar-refractivity contribution in [3.05, 3.63) is 59.9 Å². The van der Waals surface area contributed by atoms with E-state index in [1.807, 2.05) is 0 Å². The van der Waals surface area contributed by atoms with Gasteiger partial charge in [0.15, 0.2) is 0 Å². The number of urea groups is 1. The Kier molecular flexibility index (Phi) is 7.07. The minimum absolute atomic E-state index is 0.210. The van der Waals surface area contributed by atoms with Crippen molar-refractivity contribution in [2.75, 3.05) is 44.6 Å². The molecule has 2 aliphatic rings. The molecule has 2 fully saturated rings. The summed E-state index contributed by atoms with van der Waals surface area (Å²) in [6.07, 6.45) is 1.87. The van der Waals surface area contributed by atoms with Crippen molar-refractivity contribution >= 4 is 23.5 Å². The fourth-order valence-corrected chi connectivity index (χ4v) is 3.96. The van der Waals surface area contributed by atoms with Crippen LogP contribution >= 0.6 is 0 Å². The summed E-state index contributed by atoms with van der Waals surface area (Å²) in [7, 11) is 0. The largest absolute Gasteiger partial charge is 0.489 e. The van der Waals surface area contributed by atoms with Crippen LogP contribution in [0.2, 0.25) is 0 Å². The van der Waals surface area contributed by atoms with Gasteiger partial charge in [0.1, 0.15) is 18.2 Å².